The summed E-state index contributed by atoms with van der Waals surface area (Å²) in [6, 6.07) is 5.43. The fraction of sp³-hybridized carbons (Fsp3) is 0.429. The van der Waals surface area contributed by atoms with Gasteiger partial charge in [-0.3, -0.25) is 9.59 Å². The second-order valence-electron chi connectivity index (χ2n) is 5.00. The van der Waals surface area contributed by atoms with E-state index in [0.29, 0.717) is 31.7 Å². The molecule has 1 N–H and O–H groups in total. The van der Waals surface area contributed by atoms with Gasteiger partial charge in [-0.15, -0.1) is 0 Å². The van der Waals surface area contributed by atoms with E-state index in [-0.39, 0.29) is 5.91 Å². The third-order valence-corrected chi connectivity index (χ3v) is 3.76. The standard InChI is InChI=1S/C14H15NO4/c16-13(15-5-3-11(8-15)14(17)18)10-1-2-12-9(7-10)4-6-19-12/h1-2,7,11H,3-6,8H2,(H,17,18). The van der Waals surface area contributed by atoms with E-state index in [4.69, 9.17) is 9.84 Å². The van der Waals surface area contributed by atoms with E-state index < -0.39 is 11.9 Å². The van der Waals surface area contributed by atoms with E-state index >= 15 is 0 Å². The van der Waals surface area contributed by atoms with Crippen molar-refractivity contribution >= 4 is 11.9 Å². The molecule has 2 aliphatic heterocycles. The second-order valence-corrected chi connectivity index (χ2v) is 5.00. The number of hydrogen-bond acceptors (Lipinski definition) is 3. The highest BCUT2D eigenvalue weighted by Gasteiger charge is 2.31. The first-order valence-electron chi connectivity index (χ1n) is 6.43. The molecule has 3 rings (SSSR count). The van der Waals surface area contributed by atoms with Gasteiger partial charge in [-0.05, 0) is 30.2 Å². The number of amides is 1. The Labute approximate surface area is 110 Å². The molecule has 0 radical (unpaired) electrons. The molecule has 2 heterocycles. The molecular formula is C14H15NO4. The van der Waals surface area contributed by atoms with Crippen LogP contribution in [0.25, 0.3) is 0 Å². The van der Waals surface area contributed by atoms with Crippen LogP contribution in [0.15, 0.2) is 18.2 Å². The van der Waals surface area contributed by atoms with Gasteiger partial charge < -0.3 is 14.7 Å². The molecule has 0 aromatic heterocycles. The normalized spacial score (nSPS) is 21.1. The molecule has 5 nitrogen and oxygen atoms in total. The van der Waals surface area contributed by atoms with E-state index in [9.17, 15) is 9.59 Å². The molecule has 0 saturated carbocycles. The van der Waals surface area contributed by atoms with Gasteiger partial charge in [-0.25, -0.2) is 0 Å². The molecule has 2 aliphatic rings. The highest BCUT2D eigenvalue weighted by Crippen LogP contribution is 2.27. The first kappa shape index (κ1) is 12.0. The summed E-state index contributed by atoms with van der Waals surface area (Å²) in [5.41, 5.74) is 1.68. The van der Waals surface area contributed by atoms with Gasteiger partial charge in [0.2, 0.25) is 0 Å². The van der Waals surface area contributed by atoms with Gasteiger partial charge in [-0.2, -0.15) is 0 Å². The molecule has 1 atom stereocenters. The number of nitrogens with zero attached hydrogens (tertiary/aromatic N) is 1. The zero-order valence-corrected chi connectivity index (χ0v) is 10.5. The van der Waals surface area contributed by atoms with Crippen molar-refractivity contribution in [3.63, 3.8) is 0 Å². The quantitative estimate of drug-likeness (QED) is 0.867. The monoisotopic (exact) mass is 261 g/mol. The molecule has 1 aromatic rings. The maximum absolute atomic E-state index is 12.3. The predicted molar refractivity (Wildman–Crippen MR) is 67.3 cm³/mol. The zero-order chi connectivity index (χ0) is 13.4. The van der Waals surface area contributed by atoms with Crippen molar-refractivity contribution in [3.05, 3.63) is 29.3 Å². The van der Waals surface area contributed by atoms with Crippen LogP contribution in [0.4, 0.5) is 0 Å². The molecule has 1 fully saturated rings. The summed E-state index contributed by atoms with van der Waals surface area (Å²) in [4.78, 5) is 24.8. The topological polar surface area (TPSA) is 66.8 Å². The molecular weight excluding hydrogens is 246 g/mol. The van der Waals surface area contributed by atoms with E-state index in [2.05, 4.69) is 0 Å². The Morgan fingerprint density at radius 1 is 1.37 bits per heavy atom. The van der Waals surface area contributed by atoms with Gasteiger partial charge >= 0.3 is 5.97 Å². The van der Waals surface area contributed by atoms with Gasteiger partial charge in [-0.1, -0.05) is 0 Å². The number of carbonyl (C=O) groups excluding carboxylic acids is 1. The second kappa shape index (κ2) is 4.57. The minimum absolute atomic E-state index is 0.0848. The van der Waals surface area contributed by atoms with Gasteiger partial charge in [0.05, 0.1) is 12.5 Å². The number of carboxylic acid groups (broad SMARTS) is 1. The Balaban J connectivity index is 1.76. The molecule has 1 amide bonds. The number of benzene rings is 1. The average molecular weight is 261 g/mol. The first-order valence-corrected chi connectivity index (χ1v) is 6.43. The van der Waals surface area contributed by atoms with Crippen LogP contribution in [0.5, 0.6) is 5.75 Å². The number of ether oxygens (including phenoxy) is 1. The lowest BCUT2D eigenvalue weighted by atomic mass is 10.1. The maximum Gasteiger partial charge on any atom is 0.308 e. The van der Waals surface area contributed by atoms with E-state index in [1.807, 2.05) is 12.1 Å². The SMILES string of the molecule is O=C(O)C1CCN(C(=O)c2ccc3c(c2)CCO3)C1. The Morgan fingerprint density at radius 3 is 2.95 bits per heavy atom. The van der Waals surface area contributed by atoms with Crippen molar-refractivity contribution in [2.24, 2.45) is 5.92 Å². The Bertz CT molecular complexity index is 540. The summed E-state index contributed by atoms with van der Waals surface area (Å²) in [5, 5.41) is 8.96. The zero-order valence-electron chi connectivity index (χ0n) is 10.5. The molecule has 1 unspecified atom stereocenters. The lowest BCUT2D eigenvalue weighted by Gasteiger charge is -2.16. The van der Waals surface area contributed by atoms with Crippen LogP contribution in [0.2, 0.25) is 0 Å². The number of hydrogen-bond donors (Lipinski definition) is 1. The Kier molecular flexibility index (Phi) is 2.89. The van der Waals surface area contributed by atoms with Crippen LogP contribution in [0.1, 0.15) is 22.3 Å². The fourth-order valence-electron chi connectivity index (χ4n) is 2.65. The number of rotatable bonds is 2. The van der Waals surface area contributed by atoms with Crippen LogP contribution < -0.4 is 4.74 Å². The summed E-state index contributed by atoms with van der Waals surface area (Å²) in [6.45, 7) is 1.49. The van der Waals surface area contributed by atoms with Crippen LogP contribution in [0, 0.1) is 5.92 Å². The summed E-state index contributed by atoms with van der Waals surface area (Å²) in [5.74, 6) is -0.487. The van der Waals surface area contributed by atoms with Crippen molar-refractivity contribution in [1.29, 1.82) is 0 Å². The molecule has 0 bridgehead atoms. The number of fused-ring (bicyclic) bond motifs is 1. The lowest BCUT2D eigenvalue weighted by Crippen LogP contribution is -2.29. The van der Waals surface area contributed by atoms with Crippen LogP contribution in [0.3, 0.4) is 0 Å². The number of carbonyl (C=O) groups is 2. The van der Waals surface area contributed by atoms with Crippen molar-refractivity contribution in [1.82, 2.24) is 4.90 Å². The minimum Gasteiger partial charge on any atom is -0.493 e. The highest BCUT2D eigenvalue weighted by atomic mass is 16.5. The third kappa shape index (κ3) is 2.16. The third-order valence-electron chi connectivity index (χ3n) is 3.76. The van der Waals surface area contributed by atoms with Gasteiger partial charge in [0.25, 0.3) is 5.91 Å². The molecule has 19 heavy (non-hydrogen) atoms. The number of likely N-dealkylation sites (tertiary alicyclic amines) is 1. The molecule has 0 aliphatic carbocycles. The van der Waals surface area contributed by atoms with Gasteiger partial charge in [0, 0.05) is 25.1 Å². The largest absolute Gasteiger partial charge is 0.493 e. The molecule has 1 aromatic carbocycles. The Morgan fingerprint density at radius 2 is 2.21 bits per heavy atom. The summed E-state index contributed by atoms with van der Waals surface area (Å²) < 4.78 is 5.40. The summed E-state index contributed by atoms with van der Waals surface area (Å²) >= 11 is 0. The van der Waals surface area contributed by atoms with Crippen molar-refractivity contribution < 1.29 is 19.4 Å². The predicted octanol–water partition coefficient (Wildman–Crippen LogP) is 1.17. The van der Waals surface area contributed by atoms with Crippen LogP contribution in [-0.2, 0) is 11.2 Å². The minimum atomic E-state index is -0.822. The smallest absolute Gasteiger partial charge is 0.308 e. The maximum atomic E-state index is 12.3. The van der Waals surface area contributed by atoms with Crippen molar-refractivity contribution in [2.75, 3.05) is 19.7 Å². The van der Waals surface area contributed by atoms with Crippen LogP contribution in [-0.4, -0.2) is 41.6 Å². The van der Waals surface area contributed by atoms with Gasteiger partial charge in [0.15, 0.2) is 0 Å². The van der Waals surface area contributed by atoms with E-state index in [1.165, 1.54) is 0 Å². The Hall–Kier alpha value is -2.04. The van der Waals surface area contributed by atoms with E-state index in [0.717, 1.165) is 17.7 Å². The van der Waals surface area contributed by atoms with Crippen molar-refractivity contribution in [2.45, 2.75) is 12.8 Å². The molecule has 0 spiro atoms. The van der Waals surface area contributed by atoms with E-state index in [1.54, 1.807) is 11.0 Å². The van der Waals surface area contributed by atoms with Gasteiger partial charge in [0.1, 0.15) is 5.75 Å². The fourth-order valence-corrected chi connectivity index (χ4v) is 2.65. The lowest BCUT2D eigenvalue weighted by molar-refractivity contribution is -0.141. The van der Waals surface area contributed by atoms with Crippen molar-refractivity contribution in [3.8, 4) is 5.75 Å². The number of carboxylic acids is 1. The number of aliphatic carboxylic acids is 1. The molecule has 1 saturated heterocycles. The summed E-state index contributed by atoms with van der Waals surface area (Å²) in [7, 11) is 0. The average Bonchev–Trinajstić information content (AvgIpc) is 3.06. The highest BCUT2D eigenvalue weighted by molar-refractivity contribution is 5.95. The first-order chi connectivity index (χ1) is 9.15. The van der Waals surface area contributed by atoms with Crippen LogP contribution >= 0.6 is 0 Å². The molecule has 5 heteroatoms. The summed E-state index contributed by atoms with van der Waals surface area (Å²) in [6.07, 6.45) is 1.36. The molecule has 100 valence electrons.